The lowest BCUT2D eigenvalue weighted by molar-refractivity contribution is -0.144. The third-order valence-corrected chi connectivity index (χ3v) is 3.60. The van der Waals surface area contributed by atoms with E-state index in [1.54, 1.807) is 26.4 Å². The molecule has 0 aromatic carbocycles. The van der Waals surface area contributed by atoms with Crippen LogP contribution >= 0.6 is 0 Å². The number of carboxylic acids is 1. The molecule has 1 aliphatic rings. The average Bonchev–Trinajstić information content (AvgIpc) is 3.03. The first kappa shape index (κ1) is 17.7. The van der Waals surface area contributed by atoms with E-state index in [9.17, 15) is 9.59 Å². The minimum absolute atomic E-state index is 0.134. The summed E-state index contributed by atoms with van der Waals surface area (Å²) in [6.45, 7) is 3.88. The van der Waals surface area contributed by atoms with Crippen molar-refractivity contribution in [2.24, 2.45) is 11.3 Å². The molecule has 1 atom stereocenters. The molecule has 2 rings (SSSR count). The van der Waals surface area contributed by atoms with Crippen LogP contribution in [0.3, 0.4) is 0 Å². The summed E-state index contributed by atoms with van der Waals surface area (Å²) in [5.74, 6) is -1.28. The fourth-order valence-electron chi connectivity index (χ4n) is 2.15. The number of carboxylic acid groups (broad SMARTS) is 2. The number of amides is 1. The quantitative estimate of drug-likeness (QED) is 0.661. The topological polar surface area (TPSA) is 122 Å². The molecule has 1 amide bonds. The summed E-state index contributed by atoms with van der Waals surface area (Å²) >= 11 is 0. The Morgan fingerprint density at radius 3 is 2.41 bits per heavy atom. The van der Waals surface area contributed by atoms with E-state index >= 15 is 0 Å². The third-order valence-electron chi connectivity index (χ3n) is 3.60. The highest BCUT2D eigenvalue weighted by Gasteiger charge is 2.50. The van der Waals surface area contributed by atoms with Gasteiger partial charge in [0.1, 0.15) is 6.04 Å². The first-order chi connectivity index (χ1) is 10.4. The molecule has 1 fully saturated rings. The molecule has 8 heteroatoms. The molecule has 1 heterocycles. The summed E-state index contributed by atoms with van der Waals surface area (Å²) in [5.41, 5.74) is -0.455. The molecule has 1 aromatic heterocycles. The SMILES string of the molecule is CC(C)[C@H](NC(=O)C1(Cn2ccnc2)CC1)C(=O)O.O=CO. The van der Waals surface area contributed by atoms with Crippen LogP contribution in [-0.2, 0) is 20.9 Å². The van der Waals surface area contributed by atoms with Crippen LogP contribution in [0.4, 0.5) is 0 Å². The standard InChI is InChI=1S/C13H19N3O3.CH2O2/c1-9(2)10(11(17)18)15-12(19)13(3-4-13)7-16-6-5-14-8-16;2-1-3/h5-6,8-10H,3-4,7H2,1-2H3,(H,15,19)(H,17,18);1H,(H,2,3)/t10-;/m0./s1. The maximum atomic E-state index is 12.3. The molecular formula is C14H21N3O5. The molecule has 22 heavy (non-hydrogen) atoms. The Hall–Kier alpha value is -2.38. The Morgan fingerprint density at radius 2 is 2.05 bits per heavy atom. The zero-order valence-electron chi connectivity index (χ0n) is 12.6. The van der Waals surface area contributed by atoms with Gasteiger partial charge < -0.3 is 20.1 Å². The number of carbonyl (C=O) groups is 3. The second kappa shape index (κ2) is 7.58. The van der Waals surface area contributed by atoms with Gasteiger partial charge in [-0.1, -0.05) is 13.8 Å². The maximum absolute atomic E-state index is 12.3. The fraction of sp³-hybridized carbons (Fsp3) is 0.571. The molecule has 1 aliphatic carbocycles. The number of nitrogens with zero attached hydrogens (tertiary/aromatic N) is 2. The maximum Gasteiger partial charge on any atom is 0.326 e. The number of imidazole rings is 1. The number of hydrogen-bond donors (Lipinski definition) is 3. The first-order valence-corrected chi connectivity index (χ1v) is 6.93. The normalized spacial score (nSPS) is 16.1. The number of nitrogens with one attached hydrogen (secondary N) is 1. The van der Waals surface area contributed by atoms with Crippen LogP contribution in [0, 0.1) is 11.3 Å². The van der Waals surface area contributed by atoms with Crippen molar-refractivity contribution >= 4 is 18.3 Å². The van der Waals surface area contributed by atoms with Gasteiger partial charge >= 0.3 is 5.97 Å². The van der Waals surface area contributed by atoms with Gasteiger partial charge in [-0.25, -0.2) is 9.78 Å². The number of hydrogen-bond acceptors (Lipinski definition) is 4. The lowest BCUT2D eigenvalue weighted by Gasteiger charge is -2.22. The summed E-state index contributed by atoms with van der Waals surface area (Å²) in [7, 11) is 0. The Kier molecular flexibility index (Phi) is 6.09. The van der Waals surface area contributed by atoms with Crippen molar-refractivity contribution in [2.45, 2.75) is 39.3 Å². The van der Waals surface area contributed by atoms with Crippen LogP contribution in [0.5, 0.6) is 0 Å². The summed E-state index contributed by atoms with van der Waals surface area (Å²) in [6, 6.07) is -0.826. The van der Waals surface area contributed by atoms with Crippen molar-refractivity contribution < 1.29 is 24.6 Å². The summed E-state index contributed by atoms with van der Waals surface area (Å²) < 4.78 is 1.86. The Morgan fingerprint density at radius 1 is 1.45 bits per heavy atom. The van der Waals surface area contributed by atoms with Gasteiger partial charge in [0.05, 0.1) is 11.7 Å². The minimum Gasteiger partial charge on any atom is -0.483 e. The van der Waals surface area contributed by atoms with Gasteiger partial charge in [0.2, 0.25) is 5.91 Å². The third kappa shape index (κ3) is 4.57. The lowest BCUT2D eigenvalue weighted by Crippen LogP contribution is -2.48. The van der Waals surface area contributed by atoms with Gasteiger partial charge in [0, 0.05) is 18.9 Å². The number of carbonyl (C=O) groups excluding carboxylic acids is 1. The Balaban J connectivity index is 0.000000745. The first-order valence-electron chi connectivity index (χ1n) is 6.93. The van der Waals surface area contributed by atoms with E-state index in [2.05, 4.69) is 10.3 Å². The van der Waals surface area contributed by atoms with E-state index < -0.39 is 17.4 Å². The van der Waals surface area contributed by atoms with E-state index in [1.165, 1.54) is 0 Å². The molecule has 1 aromatic rings. The molecule has 0 radical (unpaired) electrons. The van der Waals surface area contributed by atoms with Gasteiger partial charge in [0.25, 0.3) is 6.47 Å². The highest BCUT2D eigenvalue weighted by Crippen LogP contribution is 2.47. The van der Waals surface area contributed by atoms with E-state index in [0.29, 0.717) is 6.54 Å². The zero-order valence-corrected chi connectivity index (χ0v) is 12.6. The summed E-state index contributed by atoms with van der Waals surface area (Å²) in [5, 5.41) is 18.7. The number of aliphatic carboxylic acids is 1. The highest BCUT2D eigenvalue weighted by molar-refractivity contribution is 5.89. The molecule has 3 N–H and O–H groups in total. The van der Waals surface area contributed by atoms with E-state index in [4.69, 9.17) is 15.0 Å². The monoisotopic (exact) mass is 311 g/mol. The summed E-state index contributed by atoms with van der Waals surface area (Å²) in [4.78, 5) is 35.7. The van der Waals surface area contributed by atoms with Crippen LogP contribution in [0.15, 0.2) is 18.7 Å². The van der Waals surface area contributed by atoms with E-state index in [1.807, 2.05) is 10.8 Å². The molecule has 0 aliphatic heterocycles. The smallest absolute Gasteiger partial charge is 0.326 e. The van der Waals surface area contributed by atoms with Crippen LogP contribution < -0.4 is 5.32 Å². The van der Waals surface area contributed by atoms with Crippen molar-refractivity contribution in [1.29, 1.82) is 0 Å². The molecule has 8 nitrogen and oxygen atoms in total. The Bertz CT molecular complexity index is 509. The van der Waals surface area contributed by atoms with Gasteiger partial charge in [-0.05, 0) is 18.8 Å². The molecule has 0 bridgehead atoms. The van der Waals surface area contributed by atoms with Crippen molar-refractivity contribution in [2.75, 3.05) is 0 Å². The molecular weight excluding hydrogens is 290 g/mol. The van der Waals surface area contributed by atoms with Crippen LogP contribution in [0.25, 0.3) is 0 Å². The molecule has 0 saturated heterocycles. The second-order valence-electron chi connectivity index (χ2n) is 5.65. The average molecular weight is 311 g/mol. The second-order valence-corrected chi connectivity index (χ2v) is 5.65. The predicted molar refractivity (Wildman–Crippen MR) is 77.0 cm³/mol. The van der Waals surface area contributed by atoms with Crippen LogP contribution in [0.1, 0.15) is 26.7 Å². The predicted octanol–water partition coefficient (Wildman–Crippen LogP) is 0.590. The van der Waals surface area contributed by atoms with E-state index in [-0.39, 0.29) is 18.3 Å². The molecule has 122 valence electrons. The van der Waals surface area contributed by atoms with Gasteiger partial charge in [-0.2, -0.15) is 0 Å². The molecule has 0 unspecified atom stereocenters. The zero-order chi connectivity index (χ0) is 16.8. The fourth-order valence-corrected chi connectivity index (χ4v) is 2.15. The van der Waals surface area contributed by atoms with Crippen molar-refractivity contribution in [3.05, 3.63) is 18.7 Å². The van der Waals surface area contributed by atoms with Gasteiger partial charge in [0.15, 0.2) is 0 Å². The lowest BCUT2D eigenvalue weighted by atomic mass is 10.0. The summed E-state index contributed by atoms with van der Waals surface area (Å²) in [6.07, 6.45) is 6.74. The van der Waals surface area contributed by atoms with E-state index in [0.717, 1.165) is 12.8 Å². The molecule has 1 saturated carbocycles. The van der Waals surface area contributed by atoms with Gasteiger partial charge in [-0.3, -0.25) is 9.59 Å². The van der Waals surface area contributed by atoms with Gasteiger partial charge in [-0.15, -0.1) is 0 Å². The Labute approximate surface area is 128 Å². The van der Waals surface area contributed by atoms with Crippen molar-refractivity contribution in [1.82, 2.24) is 14.9 Å². The number of rotatable bonds is 6. The minimum atomic E-state index is -0.984. The van der Waals surface area contributed by atoms with Crippen molar-refractivity contribution in [3.63, 3.8) is 0 Å². The van der Waals surface area contributed by atoms with Crippen LogP contribution in [0.2, 0.25) is 0 Å². The largest absolute Gasteiger partial charge is 0.483 e. The molecule has 0 spiro atoms. The highest BCUT2D eigenvalue weighted by atomic mass is 16.4. The van der Waals surface area contributed by atoms with Crippen molar-refractivity contribution in [3.8, 4) is 0 Å². The van der Waals surface area contributed by atoms with Crippen LogP contribution in [-0.4, -0.2) is 44.2 Å². The number of aromatic nitrogens is 2.